The van der Waals surface area contributed by atoms with E-state index in [1.165, 1.54) is 7.11 Å². The molecule has 12 nitrogen and oxygen atoms in total. The van der Waals surface area contributed by atoms with E-state index in [9.17, 15) is 29.8 Å². The highest BCUT2D eigenvalue weighted by Crippen LogP contribution is 2.24. The van der Waals surface area contributed by atoms with Crippen LogP contribution in [-0.2, 0) is 16.0 Å². The summed E-state index contributed by atoms with van der Waals surface area (Å²) in [5.41, 5.74) is -0.465. The Kier molecular flexibility index (Phi) is 7.25. The van der Waals surface area contributed by atoms with Crippen molar-refractivity contribution < 1.29 is 28.9 Å². The van der Waals surface area contributed by atoms with E-state index in [0.717, 1.165) is 29.5 Å². The smallest absolute Gasteiger partial charge is 0.338 e. The van der Waals surface area contributed by atoms with Crippen LogP contribution in [0.1, 0.15) is 27.6 Å². The number of amides is 1. The van der Waals surface area contributed by atoms with Gasteiger partial charge in [0.1, 0.15) is 0 Å². The van der Waals surface area contributed by atoms with Crippen molar-refractivity contribution in [2.75, 3.05) is 20.3 Å². The number of hydrogen-bond acceptors (Lipinski definition) is 9. The summed E-state index contributed by atoms with van der Waals surface area (Å²) in [6.45, 7) is 2.55. The first-order valence-electron chi connectivity index (χ1n) is 9.57. The predicted octanol–water partition coefficient (Wildman–Crippen LogP) is 3.08. The van der Waals surface area contributed by atoms with Gasteiger partial charge >= 0.3 is 5.97 Å². The molecule has 0 saturated carbocycles. The molecule has 13 heteroatoms. The second kappa shape index (κ2) is 10.1. The summed E-state index contributed by atoms with van der Waals surface area (Å²) in [5, 5.41) is 22.2. The minimum absolute atomic E-state index is 0.222. The normalized spacial score (nSPS) is 11.5. The van der Waals surface area contributed by atoms with E-state index < -0.39 is 33.1 Å². The van der Waals surface area contributed by atoms with Gasteiger partial charge in [-0.2, -0.15) is 4.99 Å². The number of nitrogens with zero attached hydrogens (tertiary/aromatic N) is 4. The molecular weight excluding hydrogens is 456 g/mol. The topological polar surface area (TPSA) is 156 Å². The number of thiazole rings is 1. The maximum Gasteiger partial charge on any atom is 0.338 e. The Morgan fingerprint density at radius 2 is 1.73 bits per heavy atom. The summed E-state index contributed by atoms with van der Waals surface area (Å²) in [6.07, 6.45) is 0. The third-order valence-corrected chi connectivity index (χ3v) is 5.52. The number of fused-ring (bicyclic) bond motifs is 1. The van der Waals surface area contributed by atoms with Crippen LogP contribution < -0.4 is 4.80 Å². The molecule has 3 rings (SSSR count). The third kappa shape index (κ3) is 5.27. The van der Waals surface area contributed by atoms with Gasteiger partial charge < -0.3 is 14.0 Å². The minimum atomic E-state index is -0.884. The van der Waals surface area contributed by atoms with Crippen LogP contribution in [0.25, 0.3) is 10.2 Å². The predicted molar refractivity (Wildman–Crippen MR) is 117 cm³/mol. The van der Waals surface area contributed by atoms with Crippen molar-refractivity contribution >= 4 is 44.8 Å². The largest absolute Gasteiger partial charge is 0.462 e. The number of nitro benzene ring substituents is 2. The number of carbonyl (C=O) groups is 2. The van der Waals surface area contributed by atoms with Crippen LogP contribution in [0.5, 0.6) is 0 Å². The Labute approximate surface area is 190 Å². The molecule has 0 saturated heterocycles. The maximum atomic E-state index is 12.8. The Morgan fingerprint density at radius 1 is 1.06 bits per heavy atom. The number of methoxy groups -OCH3 is 1. The Bertz CT molecular complexity index is 1300. The lowest BCUT2D eigenvalue weighted by Crippen LogP contribution is -2.19. The van der Waals surface area contributed by atoms with Crippen LogP contribution in [0.2, 0.25) is 0 Å². The molecule has 0 bridgehead atoms. The number of aromatic nitrogens is 1. The molecule has 0 N–H and O–H groups in total. The zero-order valence-corrected chi connectivity index (χ0v) is 18.4. The van der Waals surface area contributed by atoms with E-state index in [0.29, 0.717) is 28.9 Å². The second-order valence-electron chi connectivity index (χ2n) is 6.60. The summed E-state index contributed by atoms with van der Waals surface area (Å²) in [5.74, 6) is -1.38. The van der Waals surface area contributed by atoms with Crippen molar-refractivity contribution in [1.82, 2.24) is 4.57 Å². The standard InChI is InChI=1S/C20H18N4O8S/c1-3-32-19(26)12-4-5-16-17(10-12)33-20(22(16)6-7-31-2)21-18(25)13-8-14(23(27)28)11-15(9-13)24(29)30/h4-5,8-11H,3,6-7H2,1-2H3. The fraction of sp³-hybridized carbons (Fsp3) is 0.250. The molecule has 0 aliphatic carbocycles. The van der Waals surface area contributed by atoms with Gasteiger partial charge in [0.2, 0.25) is 0 Å². The summed E-state index contributed by atoms with van der Waals surface area (Å²) < 4.78 is 12.5. The van der Waals surface area contributed by atoms with Gasteiger partial charge in [-0.05, 0) is 25.1 Å². The van der Waals surface area contributed by atoms with Crippen molar-refractivity contribution in [3.63, 3.8) is 0 Å². The Hall–Kier alpha value is -3.97. The van der Waals surface area contributed by atoms with Crippen LogP contribution in [0.3, 0.4) is 0 Å². The highest BCUT2D eigenvalue weighted by Gasteiger charge is 2.20. The molecule has 0 atom stereocenters. The average molecular weight is 474 g/mol. The van der Waals surface area contributed by atoms with Gasteiger partial charge in [-0.1, -0.05) is 11.3 Å². The van der Waals surface area contributed by atoms with E-state index in [4.69, 9.17) is 9.47 Å². The van der Waals surface area contributed by atoms with Crippen molar-refractivity contribution in [2.45, 2.75) is 13.5 Å². The van der Waals surface area contributed by atoms with Crippen molar-refractivity contribution in [3.8, 4) is 0 Å². The molecule has 0 aliphatic rings. The lowest BCUT2D eigenvalue weighted by molar-refractivity contribution is -0.394. The van der Waals surface area contributed by atoms with Crippen LogP contribution in [-0.4, -0.2) is 46.6 Å². The molecule has 172 valence electrons. The second-order valence-corrected chi connectivity index (χ2v) is 7.61. The first-order chi connectivity index (χ1) is 15.7. The number of non-ortho nitro benzene ring substituents is 2. The fourth-order valence-electron chi connectivity index (χ4n) is 2.98. The number of rotatable bonds is 8. The molecule has 0 radical (unpaired) electrons. The van der Waals surface area contributed by atoms with Gasteiger partial charge in [-0.25, -0.2) is 4.79 Å². The maximum absolute atomic E-state index is 12.8. The molecule has 1 amide bonds. The minimum Gasteiger partial charge on any atom is -0.462 e. The van der Waals surface area contributed by atoms with Gasteiger partial charge in [0.05, 0.1) is 50.5 Å². The van der Waals surface area contributed by atoms with Gasteiger partial charge in [0, 0.05) is 25.8 Å². The SMILES string of the molecule is CCOC(=O)c1ccc2c(c1)sc(=NC(=O)c1cc([N+](=O)[O-])cc([N+](=O)[O-])c1)n2CCOC. The molecule has 1 aromatic heterocycles. The first-order valence-corrected chi connectivity index (χ1v) is 10.4. The highest BCUT2D eigenvalue weighted by atomic mass is 32.1. The number of nitro groups is 2. The quantitative estimate of drug-likeness (QED) is 0.274. The van der Waals surface area contributed by atoms with E-state index in [1.54, 1.807) is 29.7 Å². The molecule has 33 heavy (non-hydrogen) atoms. The molecule has 3 aromatic rings. The number of ether oxygens (including phenoxy) is 2. The summed E-state index contributed by atoms with van der Waals surface area (Å²) in [4.78, 5) is 49.8. The van der Waals surface area contributed by atoms with Gasteiger partial charge in [-0.3, -0.25) is 25.0 Å². The number of benzene rings is 2. The summed E-state index contributed by atoms with van der Waals surface area (Å²) in [6, 6.07) is 7.53. The highest BCUT2D eigenvalue weighted by molar-refractivity contribution is 7.16. The average Bonchev–Trinajstić information content (AvgIpc) is 3.13. The van der Waals surface area contributed by atoms with Crippen LogP contribution in [0.4, 0.5) is 11.4 Å². The van der Waals surface area contributed by atoms with E-state index in [-0.39, 0.29) is 17.0 Å². The van der Waals surface area contributed by atoms with Crippen LogP contribution in [0, 0.1) is 20.2 Å². The Morgan fingerprint density at radius 3 is 2.30 bits per heavy atom. The van der Waals surface area contributed by atoms with Gasteiger partial charge in [-0.15, -0.1) is 0 Å². The van der Waals surface area contributed by atoms with Crippen LogP contribution in [0.15, 0.2) is 41.4 Å². The molecule has 0 aliphatic heterocycles. The molecule has 0 fully saturated rings. The Balaban J connectivity index is 2.13. The summed E-state index contributed by atoms with van der Waals surface area (Å²) >= 11 is 1.11. The van der Waals surface area contributed by atoms with Gasteiger partial charge in [0.15, 0.2) is 4.80 Å². The van der Waals surface area contributed by atoms with E-state index in [1.807, 2.05) is 0 Å². The third-order valence-electron chi connectivity index (χ3n) is 4.48. The summed E-state index contributed by atoms with van der Waals surface area (Å²) in [7, 11) is 1.51. The number of hydrogen-bond donors (Lipinski definition) is 0. The van der Waals surface area contributed by atoms with Crippen molar-refractivity contribution in [1.29, 1.82) is 0 Å². The van der Waals surface area contributed by atoms with Gasteiger partial charge in [0.25, 0.3) is 17.3 Å². The van der Waals surface area contributed by atoms with E-state index >= 15 is 0 Å². The van der Waals surface area contributed by atoms with E-state index in [2.05, 4.69) is 4.99 Å². The molecule has 1 heterocycles. The fourth-order valence-corrected chi connectivity index (χ4v) is 4.07. The van der Waals surface area contributed by atoms with Crippen LogP contribution >= 0.6 is 11.3 Å². The van der Waals surface area contributed by atoms with Crippen molar-refractivity contribution in [2.24, 2.45) is 4.99 Å². The lowest BCUT2D eigenvalue weighted by Gasteiger charge is -2.05. The lowest BCUT2D eigenvalue weighted by atomic mass is 10.1. The molecule has 2 aromatic carbocycles. The number of esters is 1. The number of carbonyl (C=O) groups excluding carboxylic acids is 2. The first kappa shape index (κ1) is 23.7. The molecule has 0 unspecified atom stereocenters. The monoisotopic (exact) mass is 474 g/mol. The van der Waals surface area contributed by atoms with Crippen molar-refractivity contribution in [3.05, 3.63) is 72.6 Å². The zero-order chi connectivity index (χ0) is 24.1. The molecule has 0 spiro atoms. The molecular formula is C20H18N4O8S. The zero-order valence-electron chi connectivity index (χ0n) is 17.5.